The number of aliphatic hydroxyl groups excluding tert-OH is 1. The molecule has 0 aromatic heterocycles. The Labute approximate surface area is 117 Å². The van der Waals surface area contributed by atoms with Crippen molar-refractivity contribution in [2.45, 2.75) is 4.90 Å². The van der Waals surface area contributed by atoms with E-state index in [-0.39, 0.29) is 35.2 Å². The third kappa shape index (κ3) is 3.55. The molecular weight excluding hydrogens is 288 g/mol. The summed E-state index contributed by atoms with van der Waals surface area (Å²) in [4.78, 5) is -0.0940. The molecule has 0 aliphatic rings. The number of nitriles is 1. The van der Waals surface area contributed by atoms with Gasteiger partial charge in [-0.15, -0.1) is 6.58 Å². The monoisotopic (exact) mass is 300 g/mol. The number of aliphatic hydroxyl groups is 1. The zero-order chi connectivity index (χ0) is 14.5. The maximum absolute atomic E-state index is 12.3. The molecule has 0 heterocycles. The van der Waals surface area contributed by atoms with Crippen LogP contribution in [0.25, 0.3) is 0 Å². The molecule has 0 saturated carbocycles. The predicted molar refractivity (Wildman–Crippen MR) is 72.2 cm³/mol. The van der Waals surface area contributed by atoms with E-state index < -0.39 is 10.0 Å². The molecule has 0 bridgehead atoms. The van der Waals surface area contributed by atoms with Crippen LogP contribution in [0.5, 0.6) is 0 Å². The Hall–Kier alpha value is -1.39. The number of rotatable bonds is 6. The Kier molecular flexibility index (Phi) is 5.51. The van der Waals surface area contributed by atoms with Gasteiger partial charge in [-0.1, -0.05) is 17.7 Å². The van der Waals surface area contributed by atoms with Gasteiger partial charge in [-0.2, -0.15) is 9.57 Å². The predicted octanol–water partition coefficient (Wildman–Crippen LogP) is 1.38. The third-order valence-electron chi connectivity index (χ3n) is 2.36. The van der Waals surface area contributed by atoms with Crippen LogP contribution >= 0.6 is 11.6 Å². The van der Waals surface area contributed by atoms with Crippen LogP contribution in [0.15, 0.2) is 35.7 Å². The molecule has 102 valence electrons. The van der Waals surface area contributed by atoms with Crippen molar-refractivity contribution in [2.24, 2.45) is 0 Å². The molecule has 1 aromatic rings. The molecule has 0 fully saturated rings. The molecule has 19 heavy (non-hydrogen) atoms. The van der Waals surface area contributed by atoms with Gasteiger partial charge in [-0.25, -0.2) is 8.42 Å². The summed E-state index contributed by atoms with van der Waals surface area (Å²) >= 11 is 5.89. The van der Waals surface area contributed by atoms with Crippen molar-refractivity contribution < 1.29 is 13.5 Å². The molecule has 0 aliphatic heterocycles. The smallest absolute Gasteiger partial charge is 0.244 e. The molecular formula is C12H13ClN2O3S. The molecule has 1 N–H and O–H groups in total. The average molecular weight is 301 g/mol. The minimum absolute atomic E-state index is 0.0222. The Morgan fingerprint density at radius 1 is 1.53 bits per heavy atom. The minimum Gasteiger partial charge on any atom is -0.395 e. The minimum atomic E-state index is -3.82. The summed E-state index contributed by atoms with van der Waals surface area (Å²) in [5.74, 6) is 0. The number of nitrogens with zero attached hydrogens (tertiary/aromatic N) is 2. The van der Waals surface area contributed by atoms with E-state index in [9.17, 15) is 8.42 Å². The van der Waals surface area contributed by atoms with Crippen molar-refractivity contribution in [2.75, 3.05) is 19.7 Å². The van der Waals surface area contributed by atoms with Gasteiger partial charge in [0.15, 0.2) is 0 Å². The van der Waals surface area contributed by atoms with Crippen LogP contribution in [0, 0.1) is 11.3 Å². The highest BCUT2D eigenvalue weighted by molar-refractivity contribution is 7.89. The van der Waals surface area contributed by atoms with Crippen molar-refractivity contribution in [1.29, 1.82) is 5.26 Å². The highest BCUT2D eigenvalue weighted by Gasteiger charge is 2.25. The van der Waals surface area contributed by atoms with Crippen molar-refractivity contribution >= 4 is 21.6 Å². The molecule has 0 spiro atoms. The van der Waals surface area contributed by atoms with Crippen LogP contribution in [0.2, 0.25) is 5.02 Å². The van der Waals surface area contributed by atoms with Crippen molar-refractivity contribution in [1.82, 2.24) is 4.31 Å². The Balaban J connectivity index is 3.25. The van der Waals surface area contributed by atoms with Crippen LogP contribution in [0.3, 0.4) is 0 Å². The van der Waals surface area contributed by atoms with Gasteiger partial charge in [0.05, 0.1) is 23.3 Å². The van der Waals surface area contributed by atoms with Crippen LogP contribution in [-0.2, 0) is 10.0 Å². The lowest BCUT2D eigenvalue weighted by Gasteiger charge is -2.20. The molecule has 0 saturated heterocycles. The number of hydrogen-bond acceptors (Lipinski definition) is 4. The number of sulfonamides is 1. The summed E-state index contributed by atoms with van der Waals surface area (Å²) in [5.41, 5.74) is 0.279. The van der Waals surface area contributed by atoms with Crippen LogP contribution < -0.4 is 0 Å². The zero-order valence-corrected chi connectivity index (χ0v) is 11.7. The van der Waals surface area contributed by atoms with Gasteiger partial charge in [-0.3, -0.25) is 0 Å². The molecule has 0 amide bonds. The highest BCUT2D eigenvalue weighted by Crippen LogP contribution is 2.25. The van der Waals surface area contributed by atoms with E-state index >= 15 is 0 Å². The number of hydrogen-bond donors (Lipinski definition) is 1. The first-order valence-corrected chi connectivity index (χ1v) is 7.20. The second-order valence-electron chi connectivity index (χ2n) is 3.63. The Morgan fingerprint density at radius 2 is 2.21 bits per heavy atom. The molecule has 0 radical (unpaired) electrons. The van der Waals surface area contributed by atoms with Gasteiger partial charge in [0, 0.05) is 13.1 Å². The van der Waals surface area contributed by atoms with Gasteiger partial charge in [0.25, 0.3) is 0 Å². The van der Waals surface area contributed by atoms with Gasteiger partial charge >= 0.3 is 0 Å². The van der Waals surface area contributed by atoms with E-state index in [1.165, 1.54) is 24.3 Å². The molecule has 5 nitrogen and oxygen atoms in total. The van der Waals surface area contributed by atoms with Gasteiger partial charge in [0.2, 0.25) is 10.0 Å². The van der Waals surface area contributed by atoms with E-state index in [0.717, 1.165) is 4.31 Å². The fraction of sp³-hybridized carbons (Fsp3) is 0.250. The first kappa shape index (κ1) is 15.7. The number of benzene rings is 1. The second kappa shape index (κ2) is 6.68. The maximum atomic E-state index is 12.3. The lowest BCUT2D eigenvalue weighted by Crippen LogP contribution is -2.33. The summed E-state index contributed by atoms with van der Waals surface area (Å²) in [6.45, 7) is 3.19. The van der Waals surface area contributed by atoms with Crippen molar-refractivity contribution in [3.63, 3.8) is 0 Å². The summed E-state index contributed by atoms with van der Waals surface area (Å²) in [6, 6.07) is 5.83. The fourth-order valence-electron chi connectivity index (χ4n) is 1.48. The Morgan fingerprint density at radius 3 is 2.68 bits per heavy atom. The van der Waals surface area contributed by atoms with Crippen molar-refractivity contribution in [3.8, 4) is 6.07 Å². The SMILES string of the molecule is C=CCN(CCO)S(=O)(=O)c1ccc(C#N)cc1Cl. The normalized spacial score (nSPS) is 11.3. The fourth-order valence-corrected chi connectivity index (χ4v) is 3.40. The third-order valence-corrected chi connectivity index (χ3v) is 4.71. The van der Waals surface area contributed by atoms with E-state index in [2.05, 4.69) is 6.58 Å². The quantitative estimate of drug-likeness (QED) is 0.805. The summed E-state index contributed by atoms with van der Waals surface area (Å²) in [5, 5.41) is 17.6. The molecule has 1 aromatic carbocycles. The van der Waals surface area contributed by atoms with E-state index in [1.54, 1.807) is 0 Å². The maximum Gasteiger partial charge on any atom is 0.244 e. The molecule has 0 aliphatic carbocycles. The standard InChI is InChI=1S/C12H13ClN2O3S/c1-2-5-15(6-7-16)19(17,18)12-4-3-10(9-14)8-11(12)13/h2-4,8,16H,1,5-7H2. The highest BCUT2D eigenvalue weighted by atomic mass is 35.5. The van der Waals surface area contributed by atoms with Crippen LogP contribution in [0.4, 0.5) is 0 Å². The van der Waals surface area contributed by atoms with Gasteiger partial charge < -0.3 is 5.11 Å². The first-order chi connectivity index (χ1) is 8.97. The molecule has 7 heteroatoms. The molecule has 0 atom stereocenters. The summed E-state index contributed by atoms with van der Waals surface area (Å²) < 4.78 is 25.7. The van der Waals surface area contributed by atoms with Crippen molar-refractivity contribution in [3.05, 3.63) is 41.4 Å². The van der Waals surface area contributed by atoms with Crippen LogP contribution in [-0.4, -0.2) is 37.5 Å². The topological polar surface area (TPSA) is 81.4 Å². The Bertz CT molecular complexity index is 608. The van der Waals surface area contributed by atoms with E-state index in [4.69, 9.17) is 22.0 Å². The van der Waals surface area contributed by atoms with Gasteiger partial charge in [-0.05, 0) is 18.2 Å². The van der Waals surface area contributed by atoms with Crippen LogP contribution in [0.1, 0.15) is 5.56 Å². The second-order valence-corrected chi connectivity index (χ2v) is 5.95. The zero-order valence-electron chi connectivity index (χ0n) is 10.1. The first-order valence-electron chi connectivity index (χ1n) is 5.39. The molecule has 1 rings (SSSR count). The summed E-state index contributed by atoms with van der Waals surface area (Å²) in [6.07, 6.45) is 1.42. The van der Waals surface area contributed by atoms with Gasteiger partial charge in [0.1, 0.15) is 4.90 Å². The largest absolute Gasteiger partial charge is 0.395 e. The summed E-state index contributed by atoms with van der Waals surface area (Å²) in [7, 11) is -3.82. The lowest BCUT2D eigenvalue weighted by atomic mass is 10.2. The molecule has 0 unspecified atom stereocenters. The van der Waals surface area contributed by atoms with E-state index in [0.29, 0.717) is 0 Å². The number of halogens is 1. The lowest BCUT2D eigenvalue weighted by molar-refractivity contribution is 0.260. The van der Waals surface area contributed by atoms with E-state index in [1.807, 2.05) is 6.07 Å². The average Bonchev–Trinajstić information content (AvgIpc) is 2.38.